The number of ketones is 1. The molecular formula is C28H24F4N2O4. The van der Waals surface area contributed by atoms with Crippen LogP contribution in [0.2, 0.25) is 0 Å². The number of alkyl halides is 3. The summed E-state index contributed by atoms with van der Waals surface area (Å²) in [7, 11) is 1.32. The van der Waals surface area contributed by atoms with E-state index in [1.807, 2.05) is 0 Å². The Bertz CT molecular complexity index is 1340. The molecule has 4 rings (SSSR count). The van der Waals surface area contributed by atoms with Crippen molar-refractivity contribution in [1.82, 2.24) is 0 Å². The van der Waals surface area contributed by atoms with Gasteiger partial charge in [0.1, 0.15) is 5.82 Å². The van der Waals surface area contributed by atoms with Crippen molar-refractivity contribution in [2.24, 2.45) is 11.8 Å². The van der Waals surface area contributed by atoms with Crippen LogP contribution in [0.3, 0.4) is 0 Å². The maximum Gasteiger partial charge on any atom is 0.416 e. The number of nitrogens with one attached hydrogen (secondary N) is 2. The second-order valence-electron chi connectivity index (χ2n) is 8.96. The van der Waals surface area contributed by atoms with Crippen molar-refractivity contribution in [1.29, 1.82) is 0 Å². The molecule has 0 aromatic heterocycles. The van der Waals surface area contributed by atoms with Crippen molar-refractivity contribution in [2.45, 2.75) is 25.4 Å². The number of hydrogen-bond donors (Lipinski definition) is 2. The second kappa shape index (κ2) is 11.0. The molecule has 2 atom stereocenters. The monoisotopic (exact) mass is 528 g/mol. The number of hydrogen-bond acceptors (Lipinski definition) is 4. The lowest BCUT2D eigenvalue weighted by molar-refractivity contribution is -0.146. The Hall–Kier alpha value is -4.21. The fourth-order valence-electron chi connectivity index (χ4n) is 4.58. The summed E-state index contributed by atoms with van der Waals surface area (Å²) in [5.74, 6) is -2.27. The first kappa shape index (κ1) is 26.8. The first-order chi connectivity index (χ1) is 18.1. The van der Waals surface area contributed by atoms with Crippen LogP contribution in [-0.4, -0.2) is 24.9 Å². The maximum absolute atomic E-state index is 13.9. The largest absolute Gasteiger partial charge is 0.469 e. The molecule has 6 nitrogen and oxygen atoms in total. The molecule has 0 aliphatic heterocycles. The molecule has 10 heteroatoms. The zero-order valence-corrected chi connectivity index (χ0v) is 20.3. The van der Waals surface area contributed by atoms with Crippen LogP contribution in [0.25, 0.3) is 11.1 Å². The fraction of sp³-hybridized carbons (Fsp3) is 0.250. The van der Waals surface area contributed by atoms with E-state index in [9.17, 15) is 31.9 Å². The smallest absolute Gasteiger partial charge is 0.416 e. The minimum Gasteiger partial charge on any atom is -0.469 e. The lowest BCUT2D eigenvalue weighted by Crippen LogP contribution is -2.26. The first-order valence-electron chi connectivity index (χ1n) is 11.8. The summed E-state index contributed by atoms with van der Waals surface area (Å²) in [4.78, 5) is 37.2. The van der Waals surface area contributed by atoms with Crippen LogP contribution in [0.15, 0.2) is 66.7 Å². The predicted molar refractivity (Wildman–Crippen MR) is 133 cm³/mol. The molecule has 1 fully saturated rings. The standard InChI is InChI=1S/C28H24F4N2O4/c1-38-26(36)22-4-2-3-21(22)25(35)18-7-5-16(6-8-18)17-9-12-20(13-10-17)33-27(37)34-24-15-19(28(30,31)32)11-14-23(24)29/h5-15,21-22H,2-4H2,1H3,(H2,33,34,37)/t21-,22-/m1/s1. The van der Waals surface area contributed by atoms with Crippen molar-refractivity contribution in [3.05, 3.63) is 83.7 Å². The van der Waals surface area contributed by atoms with E-state index in [1.54, 1.807) is 48.5 Å². The molecule has 0 radical (unpaired) electrons. The van der Waals surface area contributed by atoms with Gasteiger partial charge in [-0.15, -0.1) is 0 Å². The van der Waals surface area contributed by atoms with Gasteiger partial charge in [-0.2, -0.15) is 13.2 Å². The summed E-state index contributed by atoms with van der Waals surface area (Å²) in [5.41, 5.74) is 0.746. The third-order valence-corrected chi connectivity index (χ3v) is 6.54. The summed E-state index contributed by atoms with van der Waals surface area (Å²) >= 11 is 0. The topological polar surface area (TPSA) is 84.5 Å². The normalized spacial score (nSPS) is 17.1. The van der Waals surface area contributed by atoms with Gasteiger partial charge < -0.3 is 15.4 Å². The lowest BCUT2D eigenvalue weighted by atomic mass is 9.88. The van der Waals surface area contributed by atoms with Crippen molar-refractivity contribution in [2.75, 3.05) is 17.7 Å². The van der Waals surface area contributed by atoms with E-state index in [0.717, 1.165) is 17.5 Å². The van der Waals surface area contributed by atoms with Gasteiger partial charge in [-0.25, -0.2) is 9.18 Å². The minimum absolute atomic E-state index is 0.0905. The second-order valence-corrected chi connectivity index (χ2v) is 8.96. The number of halogens is 4. The van der Waals surface area contributed by atoms with Gasteiger partial charge >= 0.3 is 18.2 Å². The van der Waals surface area contributed by atoms with E-state index in [2.05, 4.69) is 10.6 Å². The Morgan fingerprint density at radius 3 is 2.05 bits per heavy atom. The molecule has 198 valence electrons. The quantitative estimate of drug-likeness (QED) is 0.207. The molecule has 2 amide bonds. The molecule has 0 heterocycles. The Labute approximate surface area is 216 Å². The number of carbonyl (C=O) groups excluding carboxylic acids is 3. The molecule has 0 spiro atoms. The van der Waals surface area contributed by atoms with Gasteiger partial charge in [0, 0.05) is 17.2 Å². The van der Waals surface area contributed by atoms with Crippen LogP contribution in [0.4, 0.5) is 33.7 Å². The molecule has 38 heavy (non-hydrogen) atoms. The van der Waals surface area contributed by atoms with Gasteiger partial charge in [0.05, 0.1) is 24.3 Å². The minimum atomic E-state index is -4.68. The van der Waals surface area contributed by atoms with Crippen molar-refractivity contribution in [3.8, 4) is 11.1 Å². The number of anilines is 2. The van der Waals surface area contributed by atoms with Gasteiger partial charge in [0.2, 0.25) is 0 Å². The number of carbonyl (C=O) groups is 3. The van der Waals surface area contributed by atoms with Crippen LogP contribution in [0.5, 0.6) is 0 Å². The van der Waals surface area contributed by atoms with E-state index < -0.39 is 41.1 Å². The zero-order valence-electron chi connectivity index (χ0n) is 20.3. The molecule has 3 aromatic carbocycles. The molecule has 0 saturated heterocycles. The van der Waals surface area contributed by atoms with Gasteiger partial charge in [0.15, 0.2) is 5.78 Å². The molecule has 1 aliphatic carbocycles. The summed E-state index contributed by atoms with van der Waals surface area (Å²) in [6.07, 6.45) is -2.61. The fourth-order valence-corrected chi connectivity index (χ4v) is 4.58. The number of urea groups is 1. The highest BCUT2D eigenvalue weighted by atomic mass is 19.4. The third-order valence-electron chi connectivity index (χ3n) is 6.54. The van der Waals surface area contributed by atoms with E-state index in [0.29, 0.717) is 42.3 Å². The average Bonchev–Trinajstić information content (AvgIpc) is 3.39. The Kier molecular flexibility index (Phi) is 7.80. The van der Waals surface area contributed by atoms with Crippen molar-refractivity contribution in [3.63, 3.8) is 0 Å². The predicted octanol–water partition coefficient (Wildman–Crippen LogP) is 6.93. The number of ether oxygens (including phenoxy) is 1. The lowest BCUT2D eigenvalue weighted by Gasteiger charge is -2.16. The molecule has 1 aliphatic rings. The number of benzene rings is 3. The SMILES string of the molecule is COC(=O)[C@@H]1CCC[C@H]1C(=O)c1ccc(-c2ccc(NC(=O)Nc3cc(C(F)(F)F)ccc3F)cc2)cc1. The van der Waals surface area contributed by atoms with Crippen LogP contribution in [-0.2, 0) is 15.7 Å². The van der Waals surface area contributed by atoms with Crippen LogP contribution < -0.4 is 10.6 Å². The molecule has 0 unspecified atom stereocenters. The van der Waals surface area contributed by atoms with E-state index in [1.165, 1.54) is 7.11 Å². The maximum atomic E-state index is 13.9. The summed E-state index contributed by atoms with van der Waals surface area (Å²) in [6, 6.07) is 14.4. The number of rotatable bonds is 6. The van der Waals surface area contributed by atoms with Crippen LogP contribution in [0, 0.1) is 17.7 Å². The first-order valence-corrected chi connectivity index (χ1v) is 11.8. The highest BCUT2D eigenvalue weighted by Crippen LogP contribution is 2.35. The van der Waals surface area contributed by atoms with Gasteiger partial charge in [-0.3, -0.25) is 9.59 Å². The van der Waals surface area contributed by atoms with E-state index in [-0.39, 0.29) is 11.8 Å². The Morgan fingerprint density at radius 2 is 1.45 bits per heavy atom. The number of amides is 2. The van der Waals surface area contributed by atoms with Crippen molar-refractivity contribution >= 4 is 29.2 Å². The van der Waals surface area contributed by atoms with Crippen molar-refractivity contribution < 1.29 is 36.7 Å². The molecule has 3 aromatic rings. The van der Waals surface area contributed by atoms with Gasteiger partial charge in [-0.05, 0) is 54.3 Å². The summed E-state index contributed by atoms with van der Waals surface area (Å²) in [5, 5.41) is 4.53. The Balaban J connectivity index is 1.39. The molecule has 1 saturated carbocycles. The Morgan fingerprint density at radius 1 is 0.842 bits per heavy atom. The van der Waals surface area contributed by atoms with E-state index >= 15 is 0 Å². The molecule has 2 N–H and O–H groups in total. The van der Waals surface area contributed by atoms with Crippen LogP contribution >= 0.6 is 0 Å². The molecular weight excluding hydrogens is 504 g/mol. The third kappa shape index (κ3) is 6.01. The summed E-state index contributed by atoms with van der Waals surface area (Å²) in [6.45, 7) is 0. The molecule has 0 bridgehead atoms. The van der Waals surface area contributed by atoms with Crippen LogP contribution in [0.1, 0.15) is 35.2 Å². The van der Waals surface area contributed by atoms with Gasteiger partial charge in [-0.1, -0.05) is 42.8 Å². The number of esters is 1. The summed E-state index contributed by atoms with van der Waals surface area (Å²) < 4.78 is 57.3. The highest BCUT2D eigenvalue weighted by Gasteiger charge is 2.38. The van der Waals surface area contributed by atoms with E-state index in [4.69, 9.17) is 4.74 Å². The van der Waals surface area contributed by atoms with Gasteiger partial charge in [0.25, 0.3) is 0 Å². The number of Topliss-reactive ketones (excluding diaryl/α,β-unsaturated/α-hetero) is 1. The number of methoxy groups -OCH3 is 1. The highest BCUT2D eigenvalue weighted by molar-refractivity contribution is 6.01. The average molecular weight is 529 g/mol. The zero-order chi connectivity index (χ0) is 27.4.